The van der Waals surface area contributed by atoms with Crippen molar-refractivity contribution in [3.63, 3.8) is 0 Å². The molecule has 1 aliphatic rings. The first-order valence-electron chi connectivity index (χ1n) is 9.46. The summed E-state index contributed by atoms with van der Waals surface area (Å²) in [6, 6.07) is 14.8. The molecule has 1 aliphatic heterocycles. The SMILES string of the molecule is O=C(c1cc(-c2ccccc2)on1)N1CCC(c2nnc(-c3ccco3)o2)CC1. The Labute approximate surface area is 166 Å². The average Bonchev–Trinajstić information content (AvgIpc) is 3.55. The van der Waals surface area contributed by atoms with Crippen LogP contribution in [0.5, 0.6) is 0 Å². The number of furan rings is 1. The number of carbonyl (C=O) groups is 1. The van der Waals surface area contributed by atoms with Crippen LogP contribution in [-0.4, -0.2) is 39.3 Å². The molecule has 0 N–H and O–H groups in total. The Hall–Kier alpha value is -3.68. The van der Waals surface area contributed by atoms with E-state index in [4.69, 9.17) is 13.4 Å². The maximum absolute atomic E-state index is 12.8. The van der Waals surface area contributed by atoms with Crippen molar-refractivity contribution in [3.8, 4) is 23.0 Å². The summed E-state index contributed by atoms with van der Waals surface area (Å²) < 4.78 is 16.4. The Morgan fingerprint density at radius 3 is 2.59 bits per heavy atom. The lowest BCUT2D eigenvalue weighted by molar-refractivity contribution is 0.0696. The van der Waals surface area contributed by atoms with Gasteiger partial charge in [-0.1, -0.05) is 35.5 Å². The predicted molar refractivity (Wildman–Crippen MR) is 102 cm³/mol. The van der Waals surface area contributed by atoms with Crippen molar-refractivity contribution in [3.05, 3.63) is 66.4 Å². The van der Waals surface area contributed by atoms with Crippen molar-refractivity contribution in [2.24, 2.45) is 0 Å². The predicted octanol–water partition coefficient (Wildman–Crippen LogP) is 4.00. The van der Waals surface area contributed by atoms with Gasteiger partial charge in [-0.3, -0.25) is 4.79 Å². The second kappa shape index (κ2) is 7.38. The Kier molecular flexibility index (Phi) is 4.44. The monoisotopic (exact) mass is 390 g/mol. The summed E-state index contributed by atoms with van der Waals surface area (Å²) in [6.07, 6.45) is 3.06. The number of benzene rings is 1. The van der Waals surface area contributed by atoms with Gasteiger partial charge in [-0.2, -0.15) is 0 Å². The number of carbonyl (C=O) groups excluding carboxylic acids is 1. The fourth-order valence-corrected chi connectivity index (χ4v) is 3.51. The van der Waals surface area contributed by atoms with Gasteiger partial charge in [0.05, 0.1) is 6.26 Å². The molecule has 8 nitrogen and oxygen atoms in total. The molecule has 0 radical (unpaired) electrons. The highest BCUT2D eigenvalue weighted by Crippen LogP contribution is 2.30. The summed E-state index contributed by atoms with van der Waals surface area (Å²) in [7, 11) is 0. The Bertz CT molecular complexity index is 1090. The molecular weight excluding hydrogens is 372 g/mol. The molecule has 0 saturated carbocycles. The molecule has 1 fully saturated rings. The molecule has 8 heteroatoms. The normalized spacial score (nSPS) is 15.0. The van der Waals surface area contributed by atoms with Gasteiger partial charge in [0.25, 0.3) is 11.8 Å². The first kappa shape index (κ1) is 17.4. The van der Waals surface area contributed by atoms with Crippen molar-refractivity contribution in [2.75, 3.05) is 13.1 Å². The highest BCUT2D eigenvalue weighted by atomic mass is 16.5. The number of likely N-dealkylation sites (tertiary alicyclic amines) is 1. The van der Waals surface area contributed by atoms with E-state index in [9.17, 15) is 4.79 Å². The van der Waals surface area contributed by atoms with Gasteiger partial charge in [-0.15, -0.1) is 10.2 Å². The van der Waals surface area contributed by atoms with Crippen molar-refractivity contribution in [1.82, 2.24) is 20.3 Å². The number of hydrogen-bond donors (Lipinski definition) is 0. The third kappa shape index (κ3) is 3.44. The minimum Gasteiger partial charge on any atom is -0.459 e. The van der Waals surface area contributed by atoms with E-state index in [0.717, 1.165) is 18.4 Å². The summed E-state index contributed by atoms with van der Waals surface area (Å²) in [5, 5.41) is 12.2. The topological polar surface area (TPSA) is 98.4 Å². The summed E-state index contributed by atoms with van der Waals surface area (Å²) in [5.74, 6) is 2.08. The van der Waals surface area contributed by atoms with Crippen LogP contribution in [0.4, 0.5) is 0 Å². The van der Waals surface area contributed by atoms with E-state index in [1.165, 1.54) is 0 Å². The minimum absolute atomic E-state index is 0.118. The molecule has 1 aromatic carbocycles. The van der Waals surface area contributed by atoms with Crippen LogP contribution >= 0.6 is 0 Å². The molecule has 0 aliphatic carbocycles. The molecule has 4 heterocycles. The number of rotatable bonds is 4. The van der Waals surface area contributed by atoms with Gasteiger partial charge in [0.1, 0.15) is 0 Å². The standard InChI is InChI=1S/C21H18N4O4/c26-21(16-13-18(29-24-16)14-5-2-1-3-6-14)25-10-8-15(9-11-25)19-22-23-20(28-19)17-7-4-12-27-17/h1-7,12-13,15H,8-11H2. The molecule has 146 valence electrons. The third-order valence-corrected chi connectivity index (χ3v) is 5.09. The van der Waals surface area contributed by atoms with Crippen LogP contribution in [0.1, 0.15) is 35.1 Å². The molecule has 0 atom stereocenters. The second-order valence-electron chi connectivity index (χ2n) is 6.93. The van der Waals surface area contributed by atoms with E-state index in [1.54, 1.807) is 29.4 Å². The first-order chi connectivity index (χ1) is 14.3. The van der Waals surface area contributed by atoms with Crippen LogP contribution in [0.3, 0.4) is 0 Å². The lowest BCUT2D eigenvalue weighted by Crippen LogP contribution is -2.38. The van der Waals surface area contributed by atoms with Crippen LogP contribution < -0.4 is 0 Å². The zero-order valence-corrected chi connectivity index (χ0v) is 15.5. The van der Waals surface area contributed by atoms with Crippen molar-refractivity contribution < 1.29 is 18.2 Å². The molecule has 0 spiro atoms. The Morgan fingerprint density at radius 1 is 1.00 bits per heavy atom. The molecule has 0 unspecified atom stereocenters. The highest BCUT2D eigenvalue weighted by Gasteiger charge is 2.29. The van der Waals surface area contributed by atoms with Gasteiger partial charge >= 0.3 is 0 Å². The zero-order chi connectivity index (χ0) is 19.6. The highest BCUT2D eigenvalue weighted by molar-refractivity contribution is 5.93. The lowest BCUT2D eigenvalue weighted by atomic mass is 9.96. The van der Waals surface area contributed by atoms with Gasteiger partial charge in [-0.05, 0) is 25.0 Å². The summed E-state index contributed by atoms with van der Waals surface area (Å²) in [4.78, 5) is 14.6. The number of aromatic nitrogens is 3. The number of piperidine rings is 1. The number of amides is 1. The third-order valence-electron chi connectivity index (χ3n) is 5.09. The largest absolute Gasteiger partial charge is 0.459 e. The van der Waals surface area contributed by atoms with E-state index in [-0.39, 0.29) is 11.8 Å². The maximum atomic E-state index is 12.8. The van der Waals surface area contributed by atoms with E-state index >= 15 is 0 Å². The van der Waals surface area contributed by atoms with E-state index in [0.29, 0.717) is 42.1 Å². The number of nitrogens with zero attached hydrogens (tertiary/aromatic N) is 4. The number of hydrogen-bond acceptors (Lipinski definition) is 7. The fourth-order valence-electron chi connectivity index (χ4n) is 3.51. The smallest absolute Gasteiger partial charge is 0.283 e. The molecule has 1 saturated heterocycles. The van der Waals surface area contributed by atoms with Gasteiger partial charge in [-0.25, -0.2) is 0 Å². The Balaban J connectivity index is 1.23. The van der Waals surface area contributed by atoms with Gasteiger partial charge in [0, 0.05) is 30.6 Å². The molecule has 4 aromatic rings. The minimum atomic E-state index is -0.129. The molecule has 5 rings (SSSR count). The van der Waals surface area contributed by atoms with E-state index < -0.39 is 0 Å². The van der Waals surface area contributed by atoms with Crippen LogP contribution in [0.25, 0.3) is 23.0 Å². The average molecular weight is 390 g/mol. The van der Waals surface area contributed by atoms with Crippen LogP contribution in [0.2, 0.25) is 0 Å². The fraction of sp³-hybridized carbons (Fsp3) is 0.238. The lowest BCUT2D eigenvalue weighted by Gasteiger charge is -2.29. The van der Waals surface area contributed by atoms with Crippen LogP contribution in [-0.2, 0) is 0 Å². The van der Waals surface area contributed by atoms with E-state index in [2.05, 4.69) is 15.4 Å². The second-order valence-corrected chi connectivity index (χ2v) is 6.93. The van der Waals surface area contributed by atoms with E-state index in [1.807, 2.05) is 30.3 Å². The van der Waals surface area contributed by atoms with Crippen molar-refractivity contribution in [1.29, 1.82) is 0 Å². The Morgan fingerprint density at radius 2 is 1.83 bits per heavy atom. The van der Waals surface area contributed by atoms with Crippen LogP contribution in [0.15, 0.2) is 68.2 Å². The molecular formula is C21H18N4O4. The summed E-state index contributed by atoms with van der Waals surface area (Å²) >= 11 is 0. The maximum Gasteiger partial charge on any atom is 0.283 e. The molecule has 1 amide bonds. The van der Waals surface area contributed by atoms with Gasteiger partial charge in [0.2, 0.25) is 5.89 Å². The molecule has 0 bridgehead atoms. The van der Waals surface area contributed by atoms with Crippen LogP contribution in [0, 0.1) is 0 Å². The summed E-state index contributed by atoms with van der Waals surface area (Å²) in [5.41, 5.74) is 1.21. The molecule has 3 aromatic heterocycles. The quantitative estimate of drug-likeness (QED) is 0.519. The van der Waals surface area contributed by atoms with Gasteiger partial charge < -0.3 is 18.3 Å². The van der Waals surface area contributed by atoms with Crippen molar-refractivity contribution in [2.45, 2.75) is 18.8 Å². The van der Waals surface area contributed by atoms with Gasteiger partial charge in [0.15, 0.2) is 17.2 Å². The molecule has 29 heavy (non-hydrogen) atoms. The summed E-state index contributed by atoms with van der Waals surface area (Å²) in [6.45, 7) is 1.19. The van der Waals surface area contributed by atoms with Crippen molar-refractivity contribution >= 4 is 5.91 Å². The first-order valence-corrected chi connectivity index (χ1v) is 9.46. The zero-order valence-electron chi connectivity index (χ0n) is 15.5.